The number of amides is 1. The van der Waals surface area contributed by atoms with Crippen LogP contribution in [0.2, 0.25) is 0 Å². The standard InChI is InChI=1S/C44H48N4O3S.C41H50N4O2S/c1-5-6-15-39-47-42-38(25-41(50)51-28-30-18-22-33(23-19-30)52-44(2,3)4)46-37-14-10-9-13-36(37)43(42)48(39)27-32-21-20-31(34-11-7-8-12-35(32)34)26-45-40(49)24-29-16-17-29;1-5-6-14-37-44-39-36(25-38(46)47-28-32-19-21-33(22-20-32)48-41(2,3)4)43-35-13-8-7-12-34(35)40(39)45(37)27-31-17-15-30(16-18-31)26-42-24-23-29-10-9-11-29/h7-14,18-23,29H,5-6,15-17,24-28H2,1-4H3,(H,45,49);7-8,12-13,15-22,29,42H,5-6,9-11,14,23-28H2,1-4H3. The summed E-state index contributed by atoms with van der Waals surface area (Å²) in [5.41, 5.74) is 13.3. The second-order valence-corrected chi connectivity index (χ2v) is 33.1. The molecule has 0 saturated heterocycles. The molecular weight excluding hydrogens is 1280 g/mol. The third-order valence-corrected chi connectivity index (χ3v) is 21.1. The number of carbonyl (C=O) groups excluding carboxylic acids is 3. The van der Waals surface area contributed by atoms with Crippen LogP contribution in [0.1, 0.15) is 182 Å². The van der Waals surface area contributed by atoms with Crippen molar-refractivity contribution in [2.24, 2.45) is 11.8 Å². The summed E-state index contributed by atoms with van der Waals surface area (Å²) in [4.78, 5) is 61.9. The maximum absolute atomic E-state index is 13.4. The van der Waals surface area contributed by atoms with Crippen molar-refractivity contribution in [3.05, 3.63) is 214 Å². The second-order valence-electron chi connectivity index (χ2n) is 29.3. The van der Waals surface area contributed by atoms with Crippen LogP contribution in [0, 0.1) is 11.8 Å². The molecule has 7 aromatic carbocycles. The van der Waals surface area contributed by atoms with Gasteiger partial charge in [0, 0.05) is 75.5 Å². The van der Waals surface area contributed by atoms with E-state index < -0.39 is 0 Å². The van der Waals surface area contributed by atoms with Gasteiger partial charge in [-0.25, -0.2) is 19.9 Å². The van der Waals surface area contributed by atoms with Gasteiger partial charge in [-0.1, -0.05) is 209 Å². The number of aromatic nitrogens is 6. The summed E-state index contributed by atoms with van der Waals surface area (Å²) in [5.74, 6) is 3.02. The first-order chi connectivity index (χ1) is 48.4. The van der Waals surface area contributed by atoms with E-state index in [1.807, 2.05) is 78.1 Å². The van der Waals surface area contributed by atoms with Crippen LogP contribution < -0.4 is 10.6 Å². The van der Waals surface area contributed by atoms with Crippen LogP contribution in [0.4, 0.5) is 0 Å². The molecule has 0 atom stereocenters. The van der Waals surface area contributed by atoms with Crippen molar-refractivity contribution < 1.29 is 23.9 Å². The van der Waals surface area contributed by atoms with E-state index in [2.05, 4.69) is 178 Å². The Morgan fingerprint density at radius 2 is 0.960 bits per heavy atom. The van der Waals surface area contributed by atoms with Gasteiger partial charge in [0.15, 0.2) is 0 Å². The maximum atomic E-state index is 13.4. The van der Waals surface area contributed by atoms with Gasteiger partial charge in [0.05, 0.1) is 46.3 Å². The summed E-state index contributed by atoms with van der Waals surface area (Å²) in [6, 6.07) is 54.6. The molecule has 0 spiro atoms. The number of nitrogens with one attached hydrogen (secondary N) is 2. The topological polar surface area (TPSA) is 155 Å². The van der Waals surface area contributed by atoms with Gasteiger partial charge in [-0.05, 0) is 131 Å². The van der Waals surface area contributed by atoms with E-state index in [1.165, 1.54) is 52.2 Å². The van der Waals surface area contributed by atoms with Crippen LogP contribution in [0.3, 0.4) is 0 Å². The molecular formula is C85H98N8O5S2. The Morgan fingerprint density at radius 1 is 0.500 bits per heavy atom. The minimum atomic E-state index is -0.326. The molecule has 1 amide bonds. The van der Waals surface area contributed by atoms with Crippen molar-refractivity contribution in [1.82, 2.24) is 39.7 Å². The average molecular weight is 1380 g/mol. The Labute approximate surface area is 598 Å². The fourth-order valence-electron chi connectivity index (χ4n) is 13.2. The first-order valence-electron chi connectivity index (χ1n) is 36.4. The number of aryl methyl sites for hydroxylation is 2. The molecule has 11 aromatic rings. The van der Waals surface area contributed by atoms with Gasteiger partial charge in [0.2, 0.25) is 5.91 Å². The molecule has 2 saturated carbocycles. The summed E-state index contributed by atoms with van der Waals surface area (Å²) < 4.78 is 16.5. The number of esters is 2. The summed E-state index contributed by atoms with van der Waals surface area (Å²) >= 11 is 3.64. The lowest BCUT2D eigenvalue weighted by atomic mass is 9.83. The molecule has 2 N–H and O–H groups in total. The number of rotatable bonds is 29. The normalized spacial score (nSPS) is 13.4. The number of imidazole rings is 2. The van der Waals surface area contributed by atoms with E-state index in [-0.39, 0.29) is 53.4 Å². The Kier molecular flexibility index (Phi) is 23.6. The number of thioether (sulfide) groups is 2. The highest BCUT2D eigenvalue weighted by molar-refractivity contribution is 8.00. The number of carbonyl (C=O) groups is 3. The van der Waals surface area contributed by atoms with Crippen LogP contribution in [0.5, 0.6) is 0 Å². The predicted octanol–water partition coefficient (Wildman–Crippen LogP) is 19.2. The van der Waals surface area contributed by atoms with E-state index in [0.717, 1.165) is 153 Å². The Morgan fingerprint density at radius 3 is 1.44 bits per heavy atom. The second kappa shape index (κ2) is 33.0. The highest BCUT2D eigenvalue weighted by atomic mass is 32.2. The Hall–Kier alpha value is -8.37. The monoisotopic (exact) mass is 1370 g/mol. The molecule has 2 fully saturated rings. The highest BCUT2D eigenvalue weighted by Gasteiger charge is 2.27. The van der Waals surface area contributed by atoms with E-state index in [0.29, 0.717) is 43.4 Å². The largest absolute Gasteiger partial charge is 0.461 e. The maximum Gasteiger partial charge on any atom is 0.312 e. The number of para-hydroxylation sites is 2. The fourth-order valence-corrected chi connectivity index (χ4v) is 15.2. The molecule has 0 radical (unpaired) electrons. The van der Waals surface area contributed by atoms with Crippen LogP contribution in [-0.4, -0.2) is 63.0 Å². The average Bonchev–Trinajstić information content (AvgIpc) is 1.57. The summed E-state index contributed by atoms with van der Waals surface area (Å²) in [5, 5.41) is 11.2. The molecule has 520 valence electrons. The number of nitrogens with zero attached hydrogens (tertiary/aromatic N) is 6. The first-order valence-corrected chi connectivity index (χ1v) is 38.0. The number of unbranched alkanes of at least 4 members (excludes halogenated alkanes) is 2. The van der Waals surface area contributed by atoms with Gasteiger partial charge in [0.1, 0.15) is 35.9 Å². The predicted molar refractivity (Wildman–Crippen MR) is 410 cm³/mol. The molecule has 13 nitrogen and oxygen atoms in total. The lowest BCUT2D eigenvalue weighted by Gasteiger charge is -2.25. The van der Waals surface area contributed by atoms with Gasteiger partial charge in [-0.3, -0.25) is 14.4 Å². The van der Waals surface area contributed by atoms with Crippen molar-refractivity contribution in [3.8, 4) is 0 Å². The summed E-state index contributed by atoms with van der Waals surface area (Å²) in [7, 11) is 0. The lowest BCUT2D eigenvalue weighted by Crippen LogP contribution is -2.23. The molecule has 0 aliphatic heterocycles. The van der Waals surface area contributed by atoms with Gasteiger partial charge >= 0.3 is 11.9 Å². The zero-order chi connectivity index (χ0) is 69.8. The van der Waals surface area contributed by atoms with Gasteiger partial charge in [-0.15, -0.1) is 23.5 Å². The van der Waals surface area contributed by atoms with E-state index in [4.69, 9.17) is 29.4 Å². The molecule has 15 heteroatoms. The van der Waals surface area contributed by atoms with Crippen molar-refractivity contribution in [1.29, 1.82) is 0 Å². The number of pyridine rings is 2. The minimum Gasteiger partial charge on any atom is -0.461 e. The van der Waals surface area contributed by atoms with Crippen LogP contribution in [0.25, 0.3) is 54.6 Å². The number of hydrogen-bond donors (Lipinski definition) is 2. The molecule has 4 aromatic heterocycles. The summed E-state index contributed by atoms with van der Waals surface area (Å²) in [6.45, 7) is 21.9. The third-order valence-electron chi connectivity index (χ3n) is 18.8. The molecule has 2 aliphatic carbocycles. The number of fused-ring (bicyclic) bond motifs is 7. The van der Waals surface area contributed by atoms with Crippen LogP contribution in [0.15, 0.2) is 168 Å². The zero-order valence-electron chi connectivity index (χ0n) is 59.8. The van der Waals surface area contributed by atoms with Gasteiger partial charge in [-0.2, -0.15) is 0 Å². The molecule has 0 unspecified atom stereocenters. The zero-order valence-corrected chi connectivity index (χ0v) is 61.4. The SMILES string of the molecule is CCCCc1nc2c(CC(=O)OCc3ccc(SC(C)(C)C)cc3)nc3ccccc3c2n1Cc1ccc(CNC(=O)CC2CC2)c2ccccc12.CCCCc1nc2c(CC(=O)OCc3ccc(SC(C)(C)C)cc3)nc3ccccc3c2n1Cc1ccc(CNCCC2CCC2)cc1. The Bertz CT molecular complexity index is 4640. The van der Waals surface area contributed by atoms with E-state index in [9.17, 15) is 14.4 Å². The van der Waals surface area contributed by atoms with Crippen LogP contribution in [-0.2, 0) is 88.9 Å². The molecule has 13 rings (SSSR count). The van der Waals surface area contributed by atoms with Crippen molar-refractivity contribution >= 4 is 96.0 Å². The Balaban J connectivity index is 0.000000190. The van der Waals surface area contributed by atoms with Crippen molar-refractivity contribution in [3.63, 3.8) is 0 Å². The fraction of sp³-hybridized carbons (Fsp3) is 0.400. The summed E-state index contributed by atoms with van der Waals surface area (Å²) in [6.07, 6.45) is 14.4. The third kappa shape index (κ3) is 19.0. The molecule has 100 heavy (non-hydrogen) atoms. The van der Waals surface area contributed by atoms with Crippen molar-refractivity contribution in [2.45, 2.75) is 210 Å². The van der Waals surface area contributed by atoms with E-state index in [1.54, 1.807) is 0 Å². The lowest BCUT2D eigenvalue weighted by molar-refractivity contribution is -0.145. The minimum absolute atomic E-state index is 0.0353. The smallest absolute Gasteiger partial charge is 0.312 e. The van der Waals surface area contributed by atoms with Gasteiger partial charge in [0.25, 0.3) is 0 Å². The molecule has 4 heterocycles. The number of hydrogen-bond acceptors (Lipinski definition) is 12. The quantitative estimate of drug-likeness (QED) is 0.0260. The number of ether oxygens (including phenoxy) is 2. The molecule has 2 aliphatic rings. The van der Waals surface area contributed by atoms with E-state index >= 15 is 0 Å². The molecule has 0 bridgehead atoms. The number of benzene rings is 7. The highest BCUT2D eigenvalue weighted by Crippen LogP contribution is 2.37. The van der Waals surface area contributed by atoms with Crippen LogP contribution >= 0.6 is 23.5 Å². The van der Waals surface area contributed by atoms with Crippen molar-refractivity contribution in [2.75, 3.05) is 6.54 Å². The first kappa shape index (κ1) is 71.5. The van der Waals surface area contributed by atoms with Gasteiger partial charge < -0.3 is 29.2 Å².